The zero-order valence-corrected chi connectivity index (χ0v) is 5.61. The normalized spacial score (nSPS) is 11.9. The van der Waals surface area contributed by atoms with E-state index in [1.165, 1.54) is 0 Å². The van der Waals surface area contributed by atoms with E-state index in [2.05, 4.69) is 3.61 Å². The molecule has 4 nitrogen and oxygen atoms in total. The molecule has 0 bridgehead atoms. The van der Waals surface area contributed by atoms with Gasteiger partial charge in [-0.3, -0.25) is 0 Å². The molecule has 0 aliphatic heterocycles. The average molecular weight is 167 g/mol. The van der Waals surface area contributed by atoms with Crippen molar-refractivity contribution in [1.29, 1.82) is 0 Å². The summed E-state index contributed by atoms with van der Waals surface area (Å²) in [6.07, 6.45) is 0. The van der Waals surface area contributed by atoms with Gasteiger partial charge in [0.15, 0.2) is 0 Å². The predicted molar refractivity (Wildman–Crippen MR) is 19.0 cm³/mol. The first-order chi connectivity index (χ1) is 3.06. The van der Waals surface area contributed by atoms with Gasteiger partial charge >= 0.3 is 46.9 Å². The fourth-order valence-electron chi connectivity index (χ4n) is 0.0899. The van der Waals surface area contributed by atoms with Crippen LogP contribution in [0.25, 0.3) is 0 Å². The molecule has 0 unspecified atom stereocenters. The monoisotopic (exact) mass is 167 g/mol. The molecule has 0 saturated heterocycles. The Labute approximate surface area is 47.6 Å². The molecule has 45 valence electrons. The molecule has 0 aromatic rings. The topological polar surface area (TPSA) is 66.8 Å². The van der Waals surface area contributed by atoms with E-state index in [0.29, 0.717) is 0 Å². The molecule has 0 aromatic heterocycles. The molecule has 0 aliphatic rings. The average Bonchev–Trinajstić information content (AvgIpc) is 1.30. The van der Waals surface area contributed by atoms with Crippen LogP contribution in [0.1, 0.15) is 0 Å². The van der Waals surface area contributed by atoms with E-state index in [0.717, 1.165) is 0 Å². The van der Waals surface area contributed by atoms with E-state index in [4.69, 9.17) is 9.79 Å². The van der Waals surface area contributed by atoms with Crippen LogP contribution in [-0.4, -0.2) is 9.79 Å². The van der Waals surface area contributed by atoms with Crippen molar-refractivity contribution in [3.8, 4) is 0 Å². The van der Waals surface area contributed by atoms with Crippen LogP contribution in [0.4, 0.5) is 0 Å². The second-order valence-corrected chi connectivity index (χ2v) is 2.96. The second-order valence-electron chi connectivity index (χ2n) is 0.714. The maximum atomic E-state index is 9.71. The Morgan fingerprint density at radius 3 is 2.14 bits per heavy atom. The molecule has 6 heteroatoms. The standard InChI is InChI=1S/CH3.Mn.H3O4P/c;;1-5(2,3)4/h1H3;;(H3,1,2,3,4)/q;+1;/p-1. The molecule has 0 spiro atoms. The number of rotatable bonds is 2. The van der Waals surface area contributed by atoms with Gasteiger partial charge in [-0.05, 0) is 0 Å². The van der Waals surface area contributed by atoms with Gasteiger partial charge in [0, 0.05) is 0 Å². The number of hydrogen-bond donors (Lipinski definition) is 2. The van der Waals surface area contributed by atoms with Crippen LogP contribution in [0.15, 0.2) is 0 Å². The molecule has 0 fully saturated rings. The fraction of sp³-hybridized carbons (Fsp3) is 1.00. The molecule has 0 rings (SSSR count). The van der Waals surface area contributed by atoms with Crippen LogP contribution in [0.2, 0.25) is 5.82 Å². The van der Waals surface area contributed by atoms with Gasteiger partial charge in [0.05, 0.1) is 0 Å². The minimum atomic E-state index is -4.15. The summed E-state index contributed by atoms with van der Waals surface area (Å²) in [7, 11) is -4.15. The molecular formula is CH5MnO4P. The van der Waals surface area contributed by atoms with Crippen LogP contribution in [-0.2, 0) is 23.5 Å². The summed E-state index contributed by atoms with van der Waals surface area (Å²) in [5.74, 6) is 1.54. The minimum absolute atomic E-state index is 0.179. The van der Waals surface area contributed by atoms with Crippen molar-refractivity contribution in [2.24, 2.45) is 0 Å². The first-order valence-electron chi connectivity index (χ1n) is 1.30. The van der Waals surface area contributed by atoms with E-state index >= 15 is 0 Å². The Morgan fingerprint density at radius 2 is 2.14 bits per heavy atom. The predicted octanol–water partition coefficient (Wildman–Crippen LogP) is 0.141. The van der Waals surface area contributed by atoms with E-state index < -0.39 is 7.82 Å². The first-order valence-corrected chi connectivity index (χ1v) is 4.49. The number of hydrogen-bond acceptors (Lipinski definition) is 2. The van der Waals surface area contributed by atoms with Crippen molar-refractivity contribution < 1.29 is 33.2 Å². The van der Waals surface area contributed by atoms with Crippen molar-refractivity contribution in [3.05, 3.63) is 0 Å². The van der Waals surface area contributed by atoms with Crippen LogP contribution >= 0.6 is 7.82 Å². The van der Waals surface area contributed by atoms with Crippen molar-refractivity contribution >= 4 is 7.82 Å². The second kappa shape index (κ2) is 2.82. The van der Waals surface area contributed by atoms with Gasteiger partial charge in [0.25, 0.3) is 0 Å². The summed E-state index contributed by atoms with van der Waals surface area (Å²) in [4.78, 5) is 15.8. The molecule has 2 N–H and O–H groups in total. The maximum absolute atomic E-state index is 9.71. The Kier molecular flexibility index (Phi) is 3.07. The van der Waals surface area contributed by atoms with E-state index in [9.17, 15) is 4.57 Å². The van der Waals surface area contributed by atoms with Gasteiger partial charge in [-0.2, -0.15) is 0 Å². The third-order valence-electron chi connectivity index (χ3n) is 0.159. The summed E-state index contributed by atoms with van der Waals surface area (Å²) in [5.41, 5.74) is 0. The number of phosphoric acid groups is 1. The third-order valence-corrected chi connectivity index (χ3v) is 1.97. The van der Waals surface area contributed by atoms with Crippen LogP contribution in [0, 0.1) is 0 Å². The molecular weight excluding hydrogens is 162 g/mol. The van der Waals surface area contributed by atoms with Crippen molar-refractivity contribution in [2.45, 2.75) is 5.82 Å². The summed E-state index contributed by atoms with van der Waals surface area (Å²) in [6.45, 7) is 0. The Bertz CT molecular complexity index is 85.7. The zero-order chi connectivity index (χ0) is 5.91. The summed E-state index contributed by atoms with van der Waals surface area (Å²) in [5, 5.41) is 0. The zero-order valence-electron chi connectivity index (χ0n) is 3.54. The SMILES string of the molecule is [CH3][Mn][O]P(=O)(O)O. The van der Waals surface area contributed by atoms with E-state index in [-0.39, 0.29) is 15.3 Å². The molecule has 0 radical (unpaired) electrons. The summed E-state index contributed by atoms with van der Waals surface area (Å²) >= 11 is -0.179. The van der Waals surface area contributed by atoms with Crippen LogP contribution in [0.5, 0.6) is 0 Å². The van der Waals surface area contributed by atoms with Crippen molar-refractivity contribution in [3.63, 3.8) is 0 Å². The summed E-state index contributed by atoms with van der Waals surface area (Å²) < 4.78 is 13.6. The van der Waals surface area contributed by atoms with Gasteiger partial charge in [0.1, 0.15) is 0 Å². The first kappa shape index (κ1) is 7.63. The molecule has 0 atom stereocenters. The van der Waals surface area contributed by atoms with Gasteiger partial charge in [-0.15, -0.1) is 0 Å². The molecule has 0 aliphatic carbocycles. The van der Waals surface area contributed by atoms with E-state index in [1.807, 2.05) is 0 Å². The van der Waals surface area contributed by atoms with Crippen molar-refractivity contribution in [2.75, 3.05) is 0 Å². The fourth-order valence-corrected chi connectivity index (χ4v) is 1.11. The van der Waals surface area contributed by atoms with Gasteiger partial charge in [0.2, 0.25) is 0 Å². The quantitative estimate of drug-likeness (QED) is 0.453. The third kappa shape index (κ3) is 6.63. The van der Waals surface area contributed by atoms with Crippen LogP contribution < -0.4 is 0 Å². The van der Waals surface area contributed by atoms with E-state index in [1.54, 1.807) is 5.82 Å². The Hall–Kier alpha value is 0.629. The molecule has 0 saturated carbocycles. The molecule has 7 heavy (non-hydrogen) atoms. The molecule has 0 aromatic carbocycles. The summed E-state index contributed by atoms with van der Waals surface area (Å²) in [6, 6.07) is 0. The molecule has 0 amide bonds. The van der Waals surface area contributed by atoms with Crippen molar-refractivity contribution in [1.82, 2.24) is 0 Å². The Morgan fingerprint density at radius 1 is 1.71 bits per heavy atom. The van der Waals surface area contributed by atoms with Gasteiger partial charge in [-0.1, -0.05) is 0 Å². The molecule has 0 heterocycles. The van der Waals surface area contributed by atoms with Gasteiger partial charge < -0.3 is 0 Å². The van der Waals surface area contributed by atoms with Crippen LogP contribution in [0.3, 0.4) is 0 Å². The van der Waals surface area contributed by atoms with Gasteiger partial charge in [-0.25, -0.2) is 0 Å². The Balaban J connectivity index is 3.36.